The van der Waals surface area contributed by atoms with Gasteiger partial charge in [0.1, 0.15) is 0 Å². The molecule has 0 aromatic heterocycles. The summed E-state index contributed by atoms with van der Waals surface area (Å²) in [5.41, 5.74) is 7.06. The van der Waals surface area contributed by atoms with Gasteiger partial charge in [0.2, 0.25) is 0 Å². The van der Waals surface area contributed by atoms with Gasteiger partial charge in [-0.1, -0.05) is 12.1 Å². The molecule has 7 nitrogen and oxygen atoms in total. The van der Waals surface area contributed by atoms with Crippen molar-refractivity contribution in [3.8, 4) is 11.5 Å². The maximum Gasteiger partial charge on any atom is 0.188 e. The predicted octanol–water partition coefficient (Wildman–Crippen LogP) is 2.14. The number of nitrogens with zero attached hydrogens (tertiary/aromatic N) is 2. The normalized spacial score (nSPS) is 19.0. The summed E-state index contributed by atoms with van der Waals surface area (Å²) in [5.74, 6) is 2.04. The van der Waals surface area contributed by atoms with Crippen molar-refractivity contribution in [1.29, 1.82) is 0 Å². The molecule has 28 heavy (non-hydrogen) atoms. The van der Waals surface area contributed by atoms with E-state index in [1.54, 1.807) is 7.11 Å². The highest BCUT2D eigenvalue weighted by Gasteiger charge is 2.20. The fourth-order valence-electron chi connectivity index (χ4n) is 3.72. The minimum Gasteiger partial charge on any atom is -0.493 e. The van der Waals surface area contributed by atoms with Crippen LogP contribution in [0.15, 0.2) is 23.2 Å². The van der Waals surface area contributed by atoms with Crippen LogP contribution in [0.25, 0.3) is 0 Å². The molecule has 1 heterocycles. The number of ether oxygens (including phenoxy) is 3. The van der Waals surface area contributed by atoms with Crippen molar-refractivity contribution in [3.05, 3.63) is 23.8 Å². The summed E-state index contributed by atoms with van der Waals surface area (Å²) < 4.78 is 17.1. The van der Waals surface area contributed by atoms with Crippen molar-refractivity contribution in [2.75, 3.05) is 46.5 Å². The van der Waals surface area contributed by atoms with Crippen molar-refractivity contribution in [1.82, 2.24) is 10.2 Å². The molecule has 0 radical (unpaired) electrons. The molecule has 1 aliphatic heterocycles. The third-order valence-electron chi connectivity index (χ3n) is 5.35. The van der Waals surface area contributed by atoms with Gasteiger partial charge < -0.3 is 25.3 Å². The molecule has 7 heteroatoms. The Bertz CT molecular complexity index is 626. The van der Waals surface area contributed by atoms with E-state index in [4.69, 9.17) is 19.9 Å². The number of methoxy groups -OCH3 is 1. The fourth-order valence-corrected chi connectivity index (χ4v) is 3.72. The van der Waals surface area contributed by atoms with Crippen LogP contribution < -0.4 is 20.5 Å². The van der Waals surface area contributed by atoms with Crippen LogP contribution in [0.2, 0.25) is 0 Å². The number of para-hydroxylation sites is 1. The summed E-state index contributed by atoms with van der Waals surface area (Å²) in [6.07, 6.45) is 5.98. The fraction of sp³-hybridized carbons (Fsp3) is 0.667. The Kier molecular flexibility index (Phi) is 8.23. The van der Waals surface area contributed by atoms with Gasteiger partial charge in [0.15, 0.2) is 17.5 Å². The average molecular weight is 391 g/mol. The lowest BCUT2D eigenvalue weighted by Gasteiger charge is -2.26. The third kappa shape index (κ3) is 6.27. The lowest BCUT2D eigenvalue weighted by Crippen LogP contribution is -2.39. The number of nitrogens with one attached hydrogen (secondary N) is 1. The number of hydrogen-bond acceptors (Lipinski definition) is 5. The van der Waals surface area contributed by atoms with Crippen molar-refractivity contribution >= 4 is 5.96 Å². The Morgan fingerprint density at radius 3 is 2.82 bits per heavy atom. The maximum absolute atomic E-state index is 6.26. The molecule has 156 valence electrons. The number of hydrogen-bond donors (Lipinski definition) is 2. The Hall–Kier alpha value is -1.99. The summed E-state index contributed by atoms with van der Waals surface area (Å²) in [7, 11) is 1.67. The first-order valence-corrected chi connectivity index (χ1v) is 10.4. The third-order valence-corrected chi connectivity index (χ3v) is 5.35. The van der Waals surface area contributed by atoms with E-state index in [1.165, 1.54) is 12.8 Å². The van der Waals surface area contributed by atoms with E-state index in [2.05, 4.69) is 15.2 Å². The van der Waals surface area contributed by atoms with Gasteiger partial charge in [-0.3, -0.25) is 4.90 Å². The summed E-state index contributed by atoms with van der Waals surface area (Å²) >= 11 is 0. The first-order valence-electron chi connectivity index (χ1n) is 10.4. The molecule has 1 saturated carbocycles. The molecule has 0 atom stereocenters. The molecule has 1 aromatic carbocycles. The summed E-state index contributed by atoms with van der Waals surface area (Å²) in [4.78, 5) is 6.92. The van der Waals surface area contributed by atoms with Crippen LogP contribution in [0.3, 0.4) is 0 Å². The Balaban J connectivity index is 1.49. The quantitative estimate of drug-likeness (QED) is 0.382. The highest BCUT2D eigenvalue weighted by Crippen LogP contribution is 2.35. The standard InChI is InChI=1S/C21H34N4O3/c1-26-19-9-4-6-17(20(19)28-18-7-2-3-8-18)16-24-21(22)23-10-5-11-25-12-14-27-15-13-25/h4,6,9,18H,2-3,5,7-8,10-16H2,1H3,(H3,22,23,24). The molecule has 0 unspecified atom stereocenters. The monoisotopic (exact) mass is 390 g/mol. The van der Waals surface area contributed by atoms with E-state index in [-0.39, 0.29) is 6.10 Å². The Morgan fingerprint density at radius 1 is 1.29 bits per heavy atom. The molecule has 3 N–H and O–H groups in total. The summed E-state index contributed by atoms with van der Waals surface area (Å²) in [6.45, 7) is 6.05. The van der Waals surface area contributed by atoms with Crippen molar-refractivity contribution < 1.29 is 14.2 Å². The smallest absolute Gasteiger partial charge is 0.188 e. The zero-order valence-corrected chi connectivity index (χ0v) is 17.0. The molecule has 0 bridgehead atoms. The largest absolute Gasteiger partial charge is 0.493 e. The lowest BCUT2D eigenvalue weighted by molar-refractivity contribution is 0.0376. The topological polar surface area (TPSA) is 81.3 Å². The van der Waals surface area contributed by atoms with Crippen LogP contribution in [0.5, 0.6) is 11.5 Å². The second kappa shape index (κ2) is 11.1. The number of aliphatic imine (C=N–C) groups is 1. The molecular formula is C21H34N4O3. The second-order valence-electron chi connectivity index (χ2n) is 7.41. The van der Waals surface area contributed by atoms with Gasteiger partial charge >= 0.3 is 0 Å². The van der Waals surface area contributed by atoms with Crippen molar-refractivity contribution in [2.24, 2.45) is 10.7 Å². The van der Waals surface area contributed by atoms with E-state index in [9.17, 15) is 0 Å². The number of guanidine groups is 1. The summed E-state index contributed by atoms with van der Waals surface area (Å²) in [6, 6.07) is 5.93. The molecule has 1 aliphatic carbocycles. The van der Waals surface area contributed by atoms with Crippen LogP contribution in [-0.4, -0.2) is 63.5 Å². The highest BCUT2D eigenvalue weighted by molar-refractivity contribution is 5.77. The number of nitrogens with two attached hydrogens (primary N) is 1. The van der Waals surface area contributed by atoms with E-state index in [0.717, 1.165) is 75.7 Å². The van der Waals surface area contributed by atoms with Gasteiger partial charge in [-0.2, -0.15) is 0 Å². The first kappa shape index (κ1) is 20.7. The van der Waals surface area contributed by atoms with E-state index in [1.807, 2.05) is 18.2 Å². The molecule has 1 aromatic rings. The Morgan fingerprint density at radius 2 is 2.07 bits per heavy atom. The van der Waals surface area contributed by atoms with Gasteiger partial charge in [-0.25, -0.2) is 4.99 Å². The van der Waals surface area contributed by atoms with Gasteiger partial charge in [-0.05, 0) is 44.7 Å². The number of rotatable bonds is 9. The van der Waals surface area contributed by atoms with Gasteiger partial charge in [0.25, 0.3) is 0 Å². The average Bonchev–Trinajstić information content (AvgIpc) is 3.24. The predicted molar refractivity (Wildman–Crippen MR) is 111 cm³/mol. The lowest BCUT2D eigenvalue weighted by atomic mass is 10.1. The molecule has 3 rings (SSSR count). The molecule has 1 saturated heterocycles. The van der Waals surface area contributed by atoms with Crippen LogP contribution >= 0.6 is 0 Å². The van der Waals surface area contributed by atoms with Crippen molar-refractivity contribution in [3.63, 3.8) is 0 Å². The van der Waals surface area contributed by atoms with Crippen LogP contribution in [0.4, 0.5) is 0 Å². The zero-order chi connectivity index (χ0) is 19.6. The molecule has 2 aliphatic rings. The molecular weight excluding hydrogens is 356 g/mol. The van der Waals surface area contributed by atoms with Gasteiger partial charge in [0, 0.05) is 25.2 Å². The van der Waals surface area contributed by atoms with Crippen molar-refractivity contribution in [2.45, 2.75) is 44.8 Å². The second-order valence-corrected chi connectivity index (χ2v) is 7.41. The number of morpholine rings is 1. The molecule has 0 spiro atoms. The summed E-state index contributed by atoms with van der Waals surface area (Å²) in [5, 5.41) is 3.21. The Labute approximate surface area is 168 Å². The number of benzene rings is 1. The van der Waals surface area contributed by atoms with Crippen LogP contribution in [-0.2, 0) is 11.3 Å². The van der Waals surface area contributed by atoms with E-state index >= 15 is 0 Å². The minimum atomic E-state index is 0.273. The van der Waals surface area contributed by atoms with Crippen LogP contribution in [0.1, 0.15) is 37.7 Å². The maximum atomic E-state index is 6.26. The van der Waals surface area contributed by atoms with E-state index in [0.29, 0.717) is 12.5 Å². The molecule has 0 amide bonds. The highest BCUT2D eigenvalue weighted by atomic mass is 16.5. The SMILES string of the molecule is COc1cccc(CN=C(N)NCCCN2CCOCC2)c1OC1CCCC1. The van der Waals surface area contributed by atoms with Gasteiger partial charge in [0.05, 0.1) is 33.0 Å². The minimum absolute atomic E-state index is 0.273. The van der Waals surface area contributed by atoms with Gasteiger partial charge in [-0.15, -0.1) is 0 Å². The van der Waals surface area contributed by atoms with E-state index < -0.39 is 0 Å². The zero-order valence-electron chi connectivity index (χ0n) is 17.0. The molecule has 2 fully saturated rings. The van der Waals surface area contributed by atoms with Crippen LogP contribution in [0, 0.1) is 0 Å². The first-order chi connectivity index (χ1) is 13.8.